The number of hydrogen-bond acceptors (Lipinski definition) is 7. The van der Waals surface area contributed by atoms with E-state index >= 15 is 0 Å². The highest BCUT2D eigenvalue weighted by atomic mass is 32.2. The molecule has 0 bridgehead atoms. The summed E-state index contributed by atoms with van der Waals surface area (Å²) in [6.45, 7) is 5.26. The number of urea groups is 1. The first-order valence-electron chi connectivity index (χ1n) is 11.9. The van der Waals surface area contributed by atoms with Gasteiger partial charge in [-0.15, -0.1) is 10.2 Å². The number of carboxylic acid groups (broad SMARTS) is 1. The van der Waals surface area contributed by atoms with E-state index in [1.807, 2.05) is 25.1 Å². The van der Waals surface area contributed by atoms with Crippen molar-refractivity contribution in [1.29, 1.82) is 0 Å². The van der Waals surface area contributed by atoms with Crippen molar-refractivity contribution in [2.45, 2.75) is 38.1 Å². The van der Waals surface area contributed by atoms with Gasteiger partial charge in [0.15, 0.2) is 0 Å². The maximum absolute atomic E-state index is 13.1. The van der Waals surface area contributed by atoms with Crippen molar-refractivity contribution in [3.8, 4) is 11.1 Å². The lowest BCUT2D eigenvalue weighted by Crippen LogP contribution is -2.42. The molecule has 4 N–H and O–H groups in total. The normalized spacial score (nSPS) is 12.1. The summed E-state index contributed by atoms with van der Waals surface area (Å²) < 4.78 is 28.6. The Morgan fingerprint density at radius 1 is 0.949 bits per heavy atom. The van der Waals surface area contributed by atoms with Gasteiger partial charge >= 0.3 is 12.0 Å². The summed E-state index contributed by atoms with van der Waals surface area (Å²) in [7, 11) is -4.06. The summed E-state index contributed by atoms with van der Waals surface area (Å²) in [5.41, 5.74) is 6.45. The lowest BCUT2D eigenvalue weighted by Gasteiger charge is -2.18. The van der Waals surface area contributed by atoms with Crippen molar-refractivity contribution in [1.82, 2.24) is 14.9 Å². The molecule has 0 saturated carbocycles. The first-order chi connectivity index (χ1) is 18.5. The van der Waals surface area contributed by atoms with Gasteiger partial charge in [-0.25, -0.2) is 13.2 Å². The van der Waals surface area contributed by atoms with Crippen LogP contribution in [0.5, 0.6) is 0 Å². The number of aromatic nitrogens is 2. The molecule has 1 atom stereocenters. The Balaban J connectivity index is 1.46. The topological polar surface area (TPSA) is 150 Å². The molecule has 4 rings (SSSR count). The molecule has 3 aromatic carbocycles. The molecule has 12 heteroatoms. The van der Waals surface area contributed by atoms with Crippen molar-refractivity contribution in [3.05, 3.63) is 88.4 Å². The smallest absolute Gasteiger partial charge is 0.325 e. The van der Waals surface area contributed by atoms with Crippen LogP contribution in [0, 0.1) is 20.8 Å². The van der Waals surface area contributed by atoms with Crippen LogP contribution in [0.15, 0.2) is 71.1 Å². The molecule has 0 fully saturated rings. The van der Waals surface area contributed by atoms with Gasteiger partial charge in [0, 0.05) is 5.69 Å². The van der Waals surface area contributed by atoms with E-state index in [0.717, 1.165) is 16.7 Å². The van der Waals surface area contributed by atoms with Crippen LogP contribution in [0.1, 0.15) is 22.3 Å². The number of nitrogens with one attached hydrogen (secondary N) is 3. The second-order valence-corrected chi connectivity index (χ2v) is 11.5. The molecular weight excluding hydrogens is 538 g/mol. The maximum atomic E-state index is 13.1. The van der Waals surface area contributed by atoms with Crippen molar-refractivity contribution < 1.29 is 23.1 Å². The number of amides is 2. The number of carbonyl (C=O) groups is 2. The minimum Gasteiger partial charge on any atom is -0.480 e. The molecule has 1 aromatic heterocycles. The van der Waals surface area contributed by atoms with Crippen LogP contribution in [-0.2, 0) is 21.2 Å². The van der Waals surface area contributed by atoms with E-state index in [1.54, 1.807) is 56.3 Å². The molecule has 0 unspecified atom stereocenters. The van der Waals surface area contributed by atoms with Gasteiger partial charge in [0.25, 0.3) is 0 Å². The van der Waals surface area contributed by atoms with Crippen LogP contribution < -0.4 is 15.4 Å². The Labute approximate surface area is 230 Å². The highest BCUT2D eigenvalue weighted by Crippen LogP contribution is 2.25. The van der Waals surface area contributed by atoms with E-state index in [1.165, 1.54) is 16.8 Å². The second-order valence-electron chi connectivity index (χ2n) is 9.04. The zero-order valence-electron chi connectivity index (χ0n) is 21.4. The third-order valence-corrected chi connectivity index (χ3v) is 8.28. The standard InChI is InChI=1S/C27H27N5O5S2/c1-16-11-17(2)24(18(3)12-16)39(36,37)32-23(25(33)34)13-19-7-9-20(10-8-19)21-5-4-6-22(14-21)29-26(35)30-27-31-28-15-38-27/h4-12,14-15,23,32H,13H2,1-3H3,(H,33,34)(H2,29,30,31,35)/t23-/m0/s1. The van der Waals surface area contributed by atoms with Crippen LogP contribution in [0.25, 0.3) is 11.1 Å². The Kier molecular flexibility index (Phi) is 8.38. The highest BCUT2D eigenvalue weighted by molar-refractivity contribution is 7.89. The molecule has 0 spiro atoms. The number of benzene rings is 3. The van der Waals surface area contributed by atoms with E-state index in [4.69, 9.17) is 0 Å². The molecule has 0 aliphatic heterocycles. The van der Waals surface area contributed by atoms with Crippen LogP contribution >= 0.6 is 11.3 Å². The number of hydrogen-bond donors (Lipinski definition) is 4. The number of rotatable bonds is 9. The maximum Gasteiger partial charge on any atom is 0.325 e. The van der Waals surface area contributed by atoms with E-state index in [0.29, 0.717) is 27.5 Å². The summed E-state index contributed by atoms with van der Waals surface area (Å²) in [6, 6.07) is 16.1. The number of carbonyl (C=O) groups excluding carboxylic acids is 1. The Hall–Kier alpha value is -4.13. The first-order valence-corrected chi connectivity index (χ1v) is 14.2. The fourth-order valence-electron chi connectivity index (χ4n) is 4.35. The lowest BCUT2D eigenvalue weighted by molar-refractivity contribution is -0.138. The first kappa shape index (κ1) is 27.9. The molecule has 1 heterocycles. The number of carboxylic acids is 1. The lowest BCUT2D eigenvalue weighted by atomic mass is 10.0. The molecular formula is C27H27N5O5S2. The number of nitrogens with zero attached hydrogens (tertiary/aromatic N) is 2. The second kappa shape index (κ2) is 11.7. The molecule has 202 valence electrons. The van der Waals surface area contributed by atoms with Gasteiger partial charge in [-0.3, -0.25) is 10.1 Å². The summed E-state index contributed by atoms with van der Waals surface area (Å²) in [5, 5.41) is 22.9. The van der Waals surface area contributed by atoms with Gasteiger partial charge in [0.2, 0.25) is 15.2 Å². The van der Waals surface area contributed by atoms with E-state index < -0.39 is 28.1 Å². The van der Waals surface area contributed by atoms with Gasteiger partial charge in [0.05, 0.1) is 4.90 Å². The van der Waals surface area contributed by atoms with E-state index in [9.17, 15) is 23.1 Å². The van der Waals surface area contributed by atoms with Gasteiger partial charge in [-0.2, -0.15) is 4.72 Å². The Bertz CT molecular complexity index is 1580. The van der Waals surface area contributed by atoms with E-state index in [2.05, 4.69) is 25.6 Å². The average molecular weight is 566 g/mol. The number of sulfonamides is 1. The summed E-state index contributed by atoms with van der Waals surface area (Å²) in [5.74, 6) is -1.27. The fourth-order valence-corrected chi connectivity index (χ4v) is 6.43. The zero-order valence-corrected chi connectivity index (χ0v) is 23.1. The van der Waals surface area contributed by atoms with Crippen molar-refractivity contribution in [2.24, 2.45) is 0 Å². The summed E-state index contributed by atoms with van der Waals surface area (Å²) >= 11 is 1.20. The molecule has 0 aliphatic carbocycles. The third kappa shape index (κ3) is 7.05. The van der Waals surface area contributed by atoms with E-state index in [-0.39, 0.29) is 11.3 Å². The van der Waals surface area contributed by atoms with Crippen LogP contribution in [-0.4, -0.2) is 41.8 Å². The predicted octanol–water partition coefficient (Wildman–Crippen LogP) is 4.75. The highest BCUT2D eigenvalue weighted by Gasteiger charge is 2.28. The molecule has 0 aliphatic rings. The summed E-state index contributed by atoms with van der Waals surface area (Å²) in [4.78, 5) is 24.3. The molecule has 39 heavy (non-hydrogen) atoms. The van der Waals surface area contributed by atoms with Crippen molar-refractivity contribution in [3.63, 3.8) is 0 Å². The van der Waals surface area contributed by atoms with Gasteiger partial charge in [-0.05, 0) is 67.1 Å². The van der Waals surface area contributed by atoms with Gasteiger partial charge < -0.3 is 10.4 Å². The van der Waals surface area contributed by atoms with Crippen molar-refractivity contribution >= 4 is 44.2 Å². The zero-order chi connectivity index (χ0) is 28.2. The van der Waals surface area contributed by atoms with Crippen LogP contribution in [0.2, 0.25) is 0 Å². The average Bonchev–Trinajstić information content (AvgIpc) is 3.36. The fraction of sp³-hybridized carbons (Fsp3) is 0.185. The minimum absolute atomic E-state index is 0.0355. The molecule has 0 saturated heterocycles. The minimum atomic E-state index is -4.06. The van der Waals surface area contributed by atoms with Crippen LogP contribution in [0.3, 0.4) is 0 Å². The van der Waals surface area contributed by atoms with Crippen LogP contribution in [0.4, 0.5) is 15.6 Å². The monoisotopic (exact) mass is 565 g/mol. The number of aryl methyl sites for hydroxylation is 3. The summed E-state index contributed by atoms with van der Waals surface area (Å²) in [6.07, 6.45) is -0.0355. The molecule has 2 amide bonds. The Morgan fingerprint density at radius 2 is 1.64 bits per heavy atom. The predicted molar refractivity (Wildman–Crippen MR) is 151 cm³/mol. The number of anilines is 2. The number of aliphatic carboxylic acids is 1. The van der Waals surface area contributed by atoms with Gasteiger partial charge in [0.1, 0.15) is 11.6 Å². The van der Waals surface area contributed by atoms with Gasteiger partial charge in [-0.1, -0.05) is 65.4 Å². The third-order valence-electron chi connectivity index (χ3n) is 5.90. The molecule has 10 nitrogen and oxygen atoms in total. The largest absolute Gasteiger partial charge is 0.480 e. The van der Waals surface area contributed by atoms with Crippen molar-refractivity contribution in [2.75, 3.05) is 10.6 Å². The molecule has 4 aromatic rings. The Morgan fingerprint density at radius 3 is 2.26 bits per heavy atom. The quantitative estimate of drug-likeness (QED) is 0.229. The SMILES string of the molecule is Cc1cc(C)c(S(=O)(=O)N[C@@H](Cc2ccc(-c3cccc(NC(=O)Nc4nncs4)c3)cc2)C(=O)O)c(C)c1. The molecule has 0 radical (unpaired) electrons.